The molecule has 0 bridgehead atoms. The van der Waals surface area contributed by atoms with Crippen LogP contribution in [0.25, 0.3) is 0 Å². The van der Waals surface area contributed by atoms with Crippen molar-refractivity contribution in [2.45, 2.75) is 19.7 Å². The Kier molecular flexibility index (Phi) is 6.55. The van der Waals surface area contributed by atoms with E-state index in [0.717, 1.165) is 6.07 Å². The van der Waals surface area contributed by atoms with E-state index in [2.05, 4.69) is 15.2 Å². The first-order valence-corrected chi connectivity index (χ1v) is 6.55. The average Bonchev–Trinajstić information content (AvgIpc) is 2.52. The van der Waals surface area contributed by atoms with Gasteiger partial charge in [-0.25, -0.2) is 10.2 Å². The first-order chi connectivity index (χ1) is 10.8. The van der Waals surface area contributed by atoms with Crippen molar-refractivity contribution in [3.63, 3.8) is 0 Å². The zero-order chi connectivity index (χ0) is 17.0. The van der Waals surface area contributed by atoms with E-state index in [1.165, 1.54) is 12.1 Å². The quantitative estimate of drug-likeness (QED) is 0.646. The molecule has 2 rings (SSSR count). The summed E-state index contributed by atoms with van der Waals surface area (Å²) in [5.74, 6) is 0. The summed E-state index contributed by atoms with van der Waals surface area (Å²) in [6, 6.07) is 3.43. The largest absolute Gasteiger partial charge is 0.442 e. The molecule has 0 radical (unpaired) electrons. The Bertz CT molecular complexity index is 620. The number of amides is 1. The summed E-state index contributed by atoms with van der Waals surface area (Å²) < 4.78 is 44.2. The second kappa shape index (κ2) is 7.97. The molecule has 1 heterocycles. The van der Waals surface area contributed by atoms with Gasteiger partial charge < -0.3 is 20.3 Å². The van der Waals surface area contributed by atoms with Gasteiger partial charge in [-0.05, 0) is 12.1 Å². The fourth-order valence-corrected chi connectivity index (χ4v) is 1.86. The molecule has 1 unspecified atom stereocenters. The zero-order valence-electron chi connectivity index (χ0n) is 11.7. The van der Waals surface area contributed by atoms with Crippen LogP contribution in [0.15, 0.2) is 23.3 Å². The number of rotatable bonds is 5. The lowest BCUT2D eigenvalue weighted by Crippen LogP contribution is -2.31. The number of alkyl halides is 3. The third kappa shape index (κ3) is 4.83. The van der Waals surface area contributed by atoms with Gasteiger partial charge in [-0.2, -0.15) is 18.3 Å². The lowest BCUT2D eigenvalue weighted by molar-refractivity contribution is -0.137. The number of hydrazone groups is 1. The first kappa shape index (κ1) is 19.7. The van der Waals surface area contributed by atoms with Gasteiger partial charge in [0.1, 0.15) is 12.3 Å². The van der Waals surface area contributed by atoms with E-state index in [1.54, 1.807) is 0 Å². The van der Waals surface area contributed by atoms with Crippen molar-refractivity contribution >= 4 is 17.5 Å². The number of nitrogens with one attached hydrogen (secondary N) is 2. The molecule has 1 aliphatic rings. The summed E-state index contributed by atoms with van der Waals surface area (Å²) in [5, 5.41) is 24.0. The average molecular weight is 349 g/mol. The van der Waals surface area contributed by atoms with Crippen LogP contribution in [0.4, 0.5) is 23.7 Å². The van der Waals surface area contributed by atoms with E-state index < -0.39 is 30.5 Å². The maximum absolute atomic E-state index is 13.2. The Hall–Kier alpha value is -2.33. The van der Waals surface area contributed by atoms with Crippen LogP contribution in [0.5, 0.6) is 0 Å². The van der Waals surface area contributed by atoms with Crippen molar-refractivity contribution in [2.24, 2.45) is 5.10 Å². The van der Waals surface area contributed by atoms with Crippen molar-refractivity contribution in [1.82, 2.24) is 5.43 Å². The maximum Gasteiger partial charge on any atom is 0.428 e. The smallest absolute Gasteiger partial charge is 0.428 e. The molecule has 24 heavy (non-hydrogen) atoms. The third-order valence-corrected chi connectivity index (χ3v) is 3.02. The molecule has 0 aromatic heterocycles. The van der Waals surface area contributed by atoms with Gasteiger partial charge in [-0.1, -0.05) is 13.5 Å². The second-order valence-corrected chi connectivity index (χ2v) is 4.72. The number of nitrogens with zero attached hydrogens (tertiary/aromatic N) is 1. The van der Waals surface area contributed by atoms with E-state index in [4.69, 9.17) is 5.11 Å². The van der Waals surface area contributed by atoms with Crippen molar-refractivity contribution < 1.29 is 32.9 Å². The molecular weight excluding hydrogens is 331 g/mol. The van der Waals surface area contributed by atoms with Gasteiger partial charge in [0, 0.05) is 17.8 Å². The van der Waals surface area contributed by atoms with Crippen LogP contribution >= 0.6 is 0 Å². The number of carbonyl (C=O) groups excluding carboxylic acids is 1. The van der Waals surface area contributed by atoms with Gasteiger partial charge in [0.25, 0.3) is 0 Å². The first-order valence-electron chi connectivity index (χ1n) is 6.55. The van der Waals surface area contributed by atoms with Gasteiger partial charge in [0.2, 0.25) is 0 Å². The lowest BCUT2D eigenvalue weighted by atomic mass is 10.0. The highest BCUT2D eigenvalue weighted by molar-refractivity contribution is 6.04. The van der Waals surface area contributed by atoms with Crippen molar-refractivity contribution in [2.75, 3.05) is 25.1 Å². The number of ether oxygens (including phenoxy) is 1. The maximum atomic E-state index is 13.2. The topological polar surface area (TPSA) is 103 Å². The van der Waals surface area contributed by atoms with Gasteiger partial charge in [0.15, 0.2) is 0 Å². The SMILES string of the molecule is C.O=C1NN=C(c2ccc(NCC(O)CO)c(C(F)(F)F)c2)CO1. The second-order valence-electron chi connectivity index (χ2n) is 4.72. The molecule has 4 N–H and O–H groups in total. The number of aliphatic hydroxyl groups excluding tert-OH is 2. The van der Waals surface area contributed by atoms with Crippen molar-refractivity contribution in [3.8, 4) is 0 Å². The normalized spacial score (nSPS) is 15.5. The van der Waals surface area contributed by atoms with Crippen LogP contribution in [0.2, 0.25) is 0 Å². The minimum absolute atomic E-state index is 0. The number of hydrogen-bond donors (Lipinski definition) is 4. The highest BCUT2D eigenvalue weighted by Gasteiger charge is 2.34. The zero-order valence-corrected chi connectivity index (χ0v) is 11.7. The van der Waals surface area contributed by atoms with Crippen molar-refractivity contribution in [1.29, 1.82) is 0 Å². The van der Waals surface area contributed by atoms with E-state index >= 15 is 0 Å². The summed E-state index contributed by atoms with van der Waals surface area (Å²) >= 11 is 0. The molecule has 10 heteroatoms. The van der Waals surface area contributed by atoms with Gasteiger partial charge in [-0.3, -0.25) is 0 Å². The Balaban J connectivity index is 0.00000288. The Morgan fingerprint density at radius 3 is 2.67 bits per heavy atom. The van der Waals surface area contributed by atoms with Crippen LogP contribution < -0.4 is 10.7 Å². The molecule has 1 amide bonds. The fourth-order valence-electron chi connectivity index (χ4n) is 1.86. The molecule has 1 aromatic carbocycles. The standard InChI is InChI=1S/C13H14F3N3O4.CH4/c14-13(15,16)9-3-7(11-6-23-12(22)19-18-11)1-2-10(9)17-4-8(21)5-20;/h1-3,8,17,20-21H,4-6H2,(H,19,22);1H4. The Morgan fingerprint density at radius 1 is 1.42 bits per heavy atom. The summed E-state index contributed by atoms with van der Waals surface area (Å²) in [7, 11) is 0. The highest BCUT2D eigenvalue weighted by atomic mass is 19.4. The van der Waals surface area contributed by atoms with Gasteiger partial charge >= 0.3 is 12.3 Å². The lowest BCUT2D eigenvalue weighted by Gasteiger charge is -2.19. The molecule has 1 aromatic rings. The van der Waals surface area contributed by atoms with E-state index in [0.29, 0.717) is 0 Å². The minimum atomic E-state index is -4.64. The van der Waals surface area contributed by atoms with Gasteiger partial charge in [0.05, 0.1) is 18.3 Å². The highest BCUT2D eigenvalue weighted by Crippen LogP contribution is 2.35. The summed E-state index contributed by atoms with van der Waals surface area (Å²) in [4.78, 5) is 10.8. The molecule has 0 fully saturated rings. The number of anilines is 1. The van der Waals surface area contributed by atoms with E-state index in [-0.39, 0.29) is 37.5 Å². The molecule has 7 nitrogen and oxygen atoms in total. The third-order valence-electron chi connectivity index (χ3n) is 3.02. The van der Waals surface area contributed by atoms with Crippen LogP contribution in [-0.2, 0) is 10.9 Å². The fraction of sp³-hybridized carbons (Fsp3) is 0.429. The molecular formula is C14H18F3N3O4. The van der Waals surface area contributed by atoms with Crippen LogP contribution in [0, 0.1) is 0 Å². The predicted octanol–water partition coefficient (Wildman–Crippen LogP) is 1.55. The molecule has 0 aliphatic carbocycles. The molecule has 1 atom stereocenters. The summed E-state index contributed by atoms with van der Waals surface area (Å²) in [6.07, 6.45) is -6.59. The monoisotopic (exact) mass is 349 g/mol. The Morgan fingerprint density at radius 2 is 2.12 bits per heavy atom. The summed E-state index contributed by atoms with van der Waals surface area (Å²) in [6.45, 7) is -1.04. The number of aliphatic hydroxyl groups is 2. The summed E-state index contributed by atoms with van der Waals surface area (Å²) in [5.41, 5.74) is 1.12. The van der Waals surface area contributed by atoms with Gasteiger partial charge in [-0.15, -0.1) is 0 Å². The molecule has 0 spiro atoms. The van der Waals surface area contributed by atoms with Crippen LogP contribution in [0.3, 0.4) is 0 Å². The number of benzene rings is 1. The molecule has 1 aliphatic heterocycles. The number of carbonyl (C=O) groups is 1. The molecule has 0 saturated carbocycles. The Labute approximate surface area is 136 Å². The molecule has 134 valence electrons. The van der Waals surface area contributed by atoms with Crippen molar-refractivity contribution in [3.05, 3.63) is 29.3 Å². The number of cyclic esters (lactones) is 1. The van der Waals surface area contributed by atoms with E-state index in [9.17, 15) is 23.1 Å². The predicted molar refractivity (Wildman–Crippen MR) is 80.8 cm³/mol. The number of halogens is 3. The number of hydrogen-bond acceptors (Lipinski definition) is 6. The van der Waals surface area contributed by atoms with E-state index in [1.807, 2.05) is 5.43 Å². The minimum Gasteiger partial charge on any atom is -0.442 e. The molecule has 0 saturated heterocycles. The van der Waals surface area contributed by atoms with Crippen LogP contribution in [0.1, 0.15) is 18.6 Å². The van der Waals surface area contributed by atoms with Crippen LogP contribution in [-0.4, -0.2) is 47.9 Å².